The van der Waals surface area contributed by atoms with Crippen molar-refractivity contribution in [3.8, 4) is 0 Å². The van der Waals surface area contributed by atoms with E-state index < -0.39 is 0 Å². The van der Waals surface area contributed by atoms with Crippen molar-refractivity contribution in [2.45, 2.75) is 31.7 Å². The largest absolute Gasteiger partial charge is 0.365 e. The number of aromatic amines is 1. The number of rotatable bonds is 2. The summed E-state index contributed by atoms with van der Waals surface area (Å²) in [5, 5.41) is 3.40. The molecular weight excluding hydrogens is 249 g/mol. The van der Waals surface area contributed by atoms with Gasteiger partial charge in [-0.15, -0.1) is 11.6 Å². The maximum atomic E-state index is 11.3. The van der Waals surface area contributed by atoms with Crippen LogP contribution in [0.1, 0.15) is 20.3 Å². The molecule has 0 amide bonds. The Morgan fingerprint density at radius 1 is 1.62 bits per heavy atom. The molecule has 1 aliphatic rings. The van der Waals surface area contributed by atoms with Crippen LogP contribution < -0.4 is 10.9 Å². The molecule has 2 N–H and O–H groups in total. The average Bonchev–Trinajstić information content (AvgIpc) is 2.24. The highest BCUT2D eigenvalue weighted by Crippen LogP contribution is 2.45. The van der Waals surface area contributed by atoms with E-state index in [1.165, 1.54) is 6.33 Å². The minimum absolute atomic E-state index is 0.0187. The molecule has 1 aromatic heterocycles. The number of aromatic nitrogens is 2. The fourth-order valence-corrected chi connectivity index (χ4v) is 2.25. The number of hydrogen-bond acceptors (Lipinski definition) is 3. The second-order valence-corrected chi connectivity index (χ2v) is 5.52. The highest BCUT2D eigenvalue weighted by atomic mass is 35.5. The van der Waals surface area contributed by atoms with Crippen LogP contribution >= 0.6 is 23.2 Å². The number of H-pyrrole nitrogens is 1. The molecule has 2 rings (SSSR count). The summed E-state index contributed by atoms with van der Waals surface area (Å²) in [6.07, 6.45) is 2.18. The first-order valence-electron chi connectivity index (χ1n) is 5.06. The number of nitrogens with one attached hydrogen (secondary N) is 2. The Labute approximate surface area is 103 Å². The highest BCUT2D eigenvalue weighted by molar-refractivity contribution is 6.32. The van der Waals surface area contributed by atoms with Crippen LogP contribution in [0.15, 0.2) is 11.1 Å². The van der Waals surface area contributed by atoms with Crippen LogP contribution in [-0.4, -0.2) is 21.4 Å². The van der Waals surface area contributed by atoms with Crippen molar-refractivity contribution in [2.75, 3.05) is 5.32 Å². The normalized spacial score (nSPS) is 27.2. The molecule has 1 heterocycles. The lowest BCUT2D eigenvalue weighted by Gasteiger charge is -2.49. The van der Waals surface area contributed by atoms with Gasteiger partial charge in [0.15, 0.2) is 5.82 Å². The maximum Gasteiger partial charge on any atom is 0.271 e. The van der Waals surface area contributed by atoms with Crippen LogP contribution in [0.5, 0.6) is 0 Å². The van der Waals surface area contributed by atoms with Gasteiger partial charge in [-0.2, -0.15) is 0 Å². The summed E-state index contributed by atoms with van der Waals surface area (Å²) in [6.45, 7) is 4.15. The first-order valence-corrected chi connectivity index (χ1v) is 5.88. The van der Waals surface area contributed by atoms with Gasteiger partial charge in [0.2, 0.25) is 0 Å². The number of alkyl halides is 1. The van der Waals surface area contributed by atoms with Crippen LogP contribution in [0, 0.1) is 5.41 Å². The van der Waals surface area contributed by atoms with E-state index in [4.69, 9.17) is 23.2 Å². The molecule has 0 bridgehead atoms. The molecule has 0 aliphatic heterocycles. The average molecular weight is 262 g/mol. The van der Waals surface area contributed by atoms with Gasteiger partial charge in [0, 0.05) is 16.8 Å². The molecule has 0 spiro atoms. The number of hydrogen-bond donors (Lipinski definition) is 2. The van der Waals surface area contributed by atoms with Crippen molar-refractivity contribution < 1.29 is 0 Å². The van der Waals surface area contributed by atoms with Gasteiger partial charge in [0.05, 0.1) is 6.33 Å². The molecule has 0 radical (unpaired) electrons. The van der Waals surface area contributed by atoms with Crippen LogP contribution in [0.4, 0.5) is 5.82 Å². The Bertz CT molecular complexity index is 458. The zero-order valence-electron chi connectivity index (χ0n) is 9.05. The van der Waals surface area contributed by atoms with E-state index >= 15 is 0 Å². The standard InChI is InChI=1S/C10H13Cl2N3O/c1-10(2)5(11)3-6(10)15-8-7(12)9(16)14-4-13-8/h4-6H,3H2,1-2H3,(H2,13,14,15,16). The van der Waals surface area contributed by atoms with Gasteiger partial charge in [-0.1, -0.05) is 25.4 Å². The van der Waals surface area contributed by atoms with E-state index in [1.54, 1.807) is 0 Å². The third kappa shape index (κ3) is 1.80. The molecule has 1 aromatic rings. The first kappa shape index (κ1) is 11.7. The topological polar surface area (TPSA) is 57.8 Å². The molecule has 2 atom stereocenters. The van der Waals surface area contributed by atoms with Gasteiger partial charge in [-0.05, 0) is 6.42 Å². The summed E-state index contributed by atoms with van der Waals surface area (Å²) in [5.74, 6) is 0.423. The van der Waals surface area contributed by atoms with E-state index in [1.807, 2.05) is 0 Å². The molecule has 6 heteroatoms. The van der Waals surface area contributed by atoms with E-state index in [0.717, 1.165) is 6.42 Å². The fourth-order valence-electron chi connectivity index (χ4n) is 1.77. The van der Waals surface area contributed by atoms with Gasteiger partial charge >= 0.3 is 0 Å². The highest BCUT2D eigenvalue weighted by Gasteiger charge is 2.47. The van der Waals surface area contributed by atoms with Crippen LogP contribution in [0.25, 0.3) is 0 Å². The predicted octanol–water partition coefficient (Wildman–Crippen LogP) is 2.24. The van der Waals surface area contributed by atoms with Crippen molar-refractivity contribution in [1.29, 1.82) is 0 Å². The monoisotopic (exact) mass is 261 g/mol. The van der Waals surface area contributed by atoms with Gasteiger partial charge in [0.1, 0.15) is 5.02 Å². The third-order valence-corrected chi connectivity index (χ3v) is 4.35. The van der Waals surface area contributed by atoms with Gasteiger partial charge < -0.3 is 10.3 Å². The van der Waals surface area contributed by atoms with Crippen molar-refractivity contribution in [2.24, 2.45) is 5.41 Å². The van der Waals surface area contributed by atoms with Crippen molar-refractivity contribution in [3.63, 3.8) is 0 Å². The Morgan fingerprint density at radius 3 is 2.88 bits per heavy atom. The van der Waals surface area contributed by atoms with Gasteiger partial charge in [-0.3, -0.25) is 4.79 Å². The summed E-state index contributed by atoms with van der Waals surface area (Å²) in [4.78, 5) is 17.7. The maximum absolute atomic E-state index is 11.3. The smallest absolute Gasteiger partial charge is 0.271 e. The molecular formula is C10H13Cl2N3O. The van der Waals surface area contributed by atoms with Crippen LogP contribution in [-0.2, 0) is 0 Å². The zero-order valence-corrected chi connectivity index (χ0v) is 10.6. The molecule has 1 fully saturated rings. The summed E-state index contributed by atoms with van der Waals surface area (Å²) < 4.78 is 0. The van der Waals surface area contributed by atoms with Crippen molar-refractivity contribution >= 4 is 29.0 Å². The summed E-state index contributed by atoms with van der Waals surface area (Å²) in [5.41, 5.74) is -0.353. The van der Waals surface area contributed by atoms with Gasteiger partial charge in [-0.25, -0.2) is 4.98 Å². The molecule has 88 valence electrons. The second-order valence-electron chi connectivity index (χ2n) is 4.62. The van der Waals surface area contributed by atoms with Crippen LogP contribution in [0.2, 0.25) is 5.02 Å². The van der Waals surface area contributed by atoms with E-state index in [0.29, 0.717) is 5.82 Å². The van der Waals surface area contributed by atoms with Gasteiger partial charge in [0.25, 0.3) is 5.56 Å². The van der Waals surface area contributed by atoms with Crippen molar-refractivity contribution in [3.05, 3.63) is 21.7 Å². The molecule has 1 aliphatic carbocycles. The molecule has 1 saturated carbocycles. The molecule has 16 heavy (non-hydrogen) atoms. The summed E-state index contributed by atoms with van der Waals surface area (Å²) >= 11 is 12.0. The Kier molecular flexibility index (Phi) is 2.88. The second kappa shape index (κ2) is 3.93. The summed E-state index contributed by atoms with van der Waals surface area (Å²) in [6, 6.07) is 0.196. The van der Waals surface area contributed by atoms with Crippen LogP contribution in [0.3, 0.4) is 0 Å². The predicted molar refractivity (Wildman–Crippen MR) is 65.3 cm³/mol. The quantitative estimate of drug-likeness (QED) is 0.803. The van der Waals surface area contributed by atoms with Crippen molar-refractivity contribution in [1.82, 2.24) is 9.97 Å². The molecule has 4 nitrogen and oxygen atoms in total. The fraction of sp³-hybridized carbons (Fsp3) is 0.600. The Morgan fingerprint density at radius 2 is 2.31 bits per heavy atom. The molecule has 2 unspecified atom stereocenters. The van der Waals surface area contributed by atoms with E-state index in [2.05, 4.69) is 29.1 Å². The van der Waals surface area contributed by atoms with E-state index in [9.17, 15) is 4.79 Å². The lowest BCUT2D eigenvalue weighted by molar-refractivity contribution is 0.168. The zero-order chi connectivity index (χ0) is 11.9. The SMILES string of the molecule is CC1(C)C(Cl)CC1Nc1nc[nH]c(=O)c1Cl. The number of halogens is 2. The Balaban J connectivity index is 2.17. The number of anilines is 1. The van der Waals surface area contributed by atoms with E-state index in [-0.39, 0.29) is 27.4 Å². The third-order valence-electron chi connectivity index (χ3n) is 3.26. The minimum atomic E-state index is -0.335. The lowest BCUT2D eigenvalue weighted by Crippen LogP contribution is -2.54. The minimum Gasteiger partial charge on any atom is -0.365 e. The lowest BCUT2D eigenvalue weighted by atomic mass is 9.67. The summed E-state index contributed by atoms with van der Waals surface area (Å²) in [7, 11) is 0. The Hall–Kier alpha value is -0.740. The first-order chi connectivity index (χ1) is 7.43. The molecule has 0 saturated heterocycles. The molecule has 0 aromatic carbocycles. The number of nitrogens with zero attached hydrogens (tertiary/aromatic N) is 1.